The molecule has 164 valence electrons. The van der Waals surface area contributed by atoms with E-state index in [1.165, 1.54) is 24.3 Å². The van der Waals surface area contributed by atoms with E-state index in [4.69, 9.17) is 9.26 Å². The Balaban J connectivity index is 1.74. The molecule has 0 aliphatic carbocycles. The number of nitrogens with one attached hydrogen (secondary N) is 1. The summed E-state index contributed by atoms with van der Waals surface area (Å²) in [5, 5.41) is 3.97. The largest absolute Gasteiger partial charge is 0.454 e. The SMILES string of the molecule is CCNS(=O)(=O)c1cccc(C(=O)OCC(=O)c2cc(C)n(-c3cc(C)on3)c2C)c1. The normalized spacial score (nSPS) is 11.5. The van der Waals surface area contributed by atoms with E-state index in [1.54, 1.807) is 37.5 Å². The maximum absolute atomic E-state index is 12.7. The fourth-order valence-electron chi connectivity index (χ4n) is 3.21. The quantitative estimate of drug-likeness (QED) is 0.418. The first-order chi connectivity index (χ1) is 14.6. The molecule has 3 rings (SSSR count). The van der Waals surface area contributed by atoms with Crippen molar-refractivity contribution in [3.63, 3.8) is 0 Å². The van der Waals surface area contributed by atoms with Crippen LogP contribution in [-0.2, 0) is 14.8 Å². The molecule has 2 aromatic heterocycles. The minimum Gasteiger partial charge on any atom is -0.454 e. The predicted octanol–water partition coefficient (Wildman–Crippen LogP) is 2.73. The lowest BCUT2D eigenvalue weighted by Gasteiger charge is -2.08. The summed E-state index contributed by atoms with van der Waals surface area (Å²) in [4.78, 5) is 25.0. The summed E-state index contributed by atoms with van der Waals surface area (Å²) in [7, 11) is -3.71. The molecule has 0 saturated carbocycles. The molecule has 0 amide bonds. The number of Topliss-reactive ketones (excluding diaryl/α,β-unsaturated/α-hetero) is 1. The lowest BCUT2D eigenvalue weighted by atomic mass is 10.1. The van der Waals surface area contributed by atoms with Crippen molar-refractivity contribution in [3.05, 3.63) is 64.7 Å². The van der Waals surface area contributed by atoms with Crippen LogP contribution in [0.2, 0.25) is 0 Å². The summed E-state index contributed by atoms with van der Waals surface area (Å²) < 4.78 is 38.6. The van der Waals surface area contributed by atoms with Gasteiger partial charge in [-0.15, -0.1) is 0 Å². The third-order valence-corrected chi connectivity index (χ3v) is 6.17. The van der Waals surface area contributed by atoms with Crippen LogP contribution in [-0.4, -0.2) is 43.0 Å². The van der Waals surface area contributed by atoms with E-state index < -0.39 is 22.6 Å². The molecule has 31 heavy (non-hydrogen) atoms. The number of ketones is 1. The molecule has 9 nitrogen and oxygen atoms in total. The first-order valence-corrected chi connectivity index (χ1v) is 11.0. The van der Waals surface area contributed by atoms with Gasteiger partial charge in [0.2, 0.25) is 15.8 Å². The summed E-state index contributed by atoms with van der Waals surface area (Å²) in [6.07, 6.45) is 0. The van der Waals surface area contributed by atoms with Crippen molar-refractivity contribution >= 4 is 21.8 Å². The second kappa shape index (κ2) is 8.86. The highest BCUT2D eigenvalue weighted by molar-refractivity contribution is 7.89. The highest BCUT2D eigenvalue weighted by atomic mass is 32.2. The molecule has 3 aromatic rings. The van der Waals surface area contributed by atoms with Gasteiger partial charge >= 0.3 is 5.97 Å². The number of hydrogen-bond acceptors (Lipinski definition) is 7. The standard InChI is InChI=1S/C21H23N3O6S/c1-5-22-31(27,28)17-8-6-7-16(11-17)21(26)29-12-19(25)18-9-13(2)24(15(18)4)20-10-14(3)30-23-20/h6-11,22H,5,12H2,1-4H3. The molecule has 0 spiro atoms. The molecule has 0 unspecified atom stereocenters. The first kappa shape index (κ1) is 22.4. The van der Waals surface area contributed by atoms with Crippen LogP contribution < -0.4 is 4.72 Å². The molecule has 0 saturated heterocycles. The molecule has 0 fully saturated rings. The lowest BCUT2D eigenvalue weighted by molar-refractivity contribution is 0.0474. The number of ether oxygens (including phenoxy) is 1. The number of benzene rings is 1. The van der Waals surface area contributed by atoms with Gasteiger partial charge in [0.05, 0.1) is 10.5 Å². The second-order valence-electron chi connectivity index (χ2n) is 6.94. The highest BCUT2D eigenvalue weighted by Gasteiger charge is 2.21. The Morgan fingerprint density at radius 3 is 2.55 bits per heavy atom. The van der Waals surface area contributed by atoms with E-state index in [0.29, 0.717) is 22.8 Å². The highest BCUT2D eigenvalue weighted by Crippen LogP contribution is 2.21. The second-order valence-corrected chi connectivity index (χ2v) is 8.71. The van der Waals surface area contributed by atoms with E-state index >= 15 is 0 Å². The lowest BCUT2D eigenvalue weighted by Crippen LogP contribution is -2.23. The smallest absolute Gasteiger partial charge is 0.338 e. The Morgan fingerprint density at radius 1 is 1.16 bits per heavy atom. The van der Waals surface area contributed by atoms with Gasteiger partial charge in [-0.1, -0.05) is 18.1 Å². The zero-order valence-corrected chi connectivity index (χ0v) is 18.4. The van der Waals surface area contributed by atoms with E-state index in [1.807, 2.05) is 6.92 Å². The summed E-state index contributed by atoms with van der Waals surface area (Å²) in [5.74, 6) is 0.0251. The molecule has 0 radical (unpaired) electrons. The maximum atomic E-state index is 12.7. The molecule has 10 heteroatoms. The molecular formula is C21H23N3O6S. The molecular weight excluding hydrogens is 422 g/mol. The zero-order chi connectivity index (χ0) is 22.8. The molecule has 0 atom stereocenters. The first-order valence-electron chi connectivity index (χ1n) is 9.56. The minimum atomic E-state index is -3.71. The Bertz CT molecular complexity index is 1240. The van der Waals surface area contributed by atoms with E-state index in [9.17, 15) is 18.0 Å². The fraction of sp³-hybridized carbons (Fsp3) is 0.286. The number of carbonyl (C=O) groups excluding carboxylic acids is 2. The Hall–Kier alpha value is -3.24. The molecule has 1 aromatic carbocycles. The van der Waals surface area contributed by atoms with Crippen molar-refractivity contribution in [2.75, 3.05) is 13.2 Å². The van der Waals surface area contributed by atoms with Crippen LogP contribution in [0.3, 0.4) is 0 Å². The van der Waals surface area contributed by atoms with Crippen molar-refractivity contribution in [1.82, 2.24) is 14.4 Å². The van der Waals surface area contributed by atoms with Gasteiger partial charge in [0.15, 0.2) is 12.4 Å². The van der Waals surface area contributed by atoms with E-state index in [-0.39, 0.29) is 22.8 Å². The van der Waals surface area contributed by atoms with E-state index in [0.717, 1.165) is 5.69 Å². The van der Waals surface area contributed by atoms with Gasteiger partial charge in [0.25, 0.3) is 0 Å². The summed E-state index contributed by atoms with van der Waals surface area (Å²) in [5.41, 5.74) is 1.86. The van der Waals surface area contributed by atoms with Crippen LogP contribution in [0.5, 0.6) is 0 Å². The van der Waals surface area contributed by atoms with Crippen LogP contribution in [0, 0.1) is 20.8 Å². The van der Waals surface area contributed by atoms with Gasteiger partial charge in [0, 0.05) is 29.6 Å². The van der Waals surface area contributed by atoms with Crippen molar-refractivity contribution in [1.29, 1.82) is 0 Å². The Morgan fingerprint density at radius 2 is 1.90 bits per heavy atom. The van der Waals surface area contributed by atoms with Crippen molar-refractivity contribution in [2.45, 2.75) is 32.6 Å². The van der Waals surface area contributed by atoms with Gasteiger partial charge in [-0.25, -0.2) is 17.9 Å². The summed E-state index contributed by atoms with van der Waals surface area (Å²) in [6.45, 7) is 6.76. The number of esters is 1. The number of hydrogen-bond donors (Lipinski definition) is 1. The van der Waals surface area contributed by atoms with Gasteiger partial charge < -0.3 is 9.26 Å². The molecule has 0 aliphatic heterocycles. The average Bonchev–Trinajstić information content (AvgIpc) is 3.28. The predicted molar refractivity (Wildman–Crippen MR) is 112 cm³/mol. The third-order valence-electron chi connectivity index (χ3n) is 4.62. The molecule has 0 aliphatic rings. The van der Waals surface area contributed by atoms with Crippen LogP contribution in [0.15, 0.2) is 45.8 Å². The molecule has 0 bridgehead atoms. The Kier molecular flexibility index (Phi) is 6.42. The molecule has 2 heterocycles. The summed E-state index contributed by atoms with van der Waals surface area (Å²) >= 11 is 0. The number of rotatable bonds is 8. The monoisotopic (exact) mass is 445 g/mol. The average molecular weight is 445 g/mol. The van der Waals surface area contributed by atoms with Gasteiger partial charge in [-0.05, 0) is 45.0 Å². The van der Waals surface area contributed by atoms with Crippen molar-refractivity contribution in [3.8, 4) is 5.82 Å². The van der Waals surface area contributed by atoms with Gasteiger partial charge in [0.1, 0.15) is 5.76 Å². The van der Waals surface area contributed by atoms with Gasteiger partial charge in [-0.2, -0.15) is 0 Å². The van der Waals surface area contributed by atoms with Crippen LogP contribution in [0.25, 0.3) is 5.82 Å². The molecule has 1 N–H and O–H groups in total. The van der Waals surface area contributed by atoms with E-state index in [2.05, 4.69) is 9.88 Å². The third kappa shape index (κ3) is 4.75. The van der Waals surface area contributed by atoms with Crippen LogP contribution in [0.4, 0.5) is 0 Å². The number of sulfonamides is 1. The maximum Gasteiger partial charge on any atom is 0.338 e. The van der Waals surface area contributed by atoms with Crippen molar-refractivity contribution in [2.24, 2.45) is 0 Å². The summed E-state index contributed by atoms with van der Waals surface area (Å²) in [6, 6.07) is 8.90. The number of carbonyl (C=O) groups is 2. The number of aromatic nitrogens is 2. The Labute approximate surface area is 180 Å². The number of nitrogens with zero attached hydrogens (tertiary/aromatic N) is 2. The van der Waals surface area contributed by atoms with Crippen LogP contribution >= 0.6 is 0 Å². The fourth-order valence-corrected chi connectivity index (χ4v) is 4.30. The number of aryl methyl sites for hydroxylation is 2. The topological polar surface area (TPSA) is 120 Å². The van der Waals surface area contributed by atoms with Gasteiger partial charge in [-0.3, -0.25) is 9.36 Å². The minimum absolute atomic E-state index is 0.0373. The van der Waals surface area contributed by atoms with Crippen molar-refractivity contribution < 1.29 is 27.3 Å². The van der Waals surface area contributed by atoms with Crippen LogP contribution in [0.1, 0.15) is 44.8 Å². The zero-order valence-electron chi connectivity index (χ0n) is 17.6.